The van der Waals surface area contributed by atoms with Crippen molar-refractivity contribution in [2.24, 2.45) is 0 Å². The molecule has 6 heteroatoms. The Morgan fingerprint density at radius 2 is 1.44 bits per heavy atom. The Balaban J connectivity index is 1.31. The van der Waals surface area contributed by atoms with Crippen molar-refractivity contribution in [2.75, 3.05) is 42.9 Å². The molecule has 0 spiro atoms. The molecule has 1 aliphatic rings. The maximum absolute atomic E-state index is 12.4. The Kier molecular flexibility index (Phi) is 5.77. The average molecular weight is 424 g/mol. The Bertz CT molecular complexity index is 1200. The molecule has 1 aliphatic heterocycles. The zero-order valence-corrected chi connectivity index (χ0v) is 17.8. The third kappa shape index (κ3) is 4.45. The number of para-hydroxylation sites is 2. The van der Waals surface area contributed by atoms with Crippen molar-refractivity contribution in [2.45, 2.75) is 0 Å². The molecule has 6 nitrogen and oxygen atoms in total. The Labute approximate surface area is 187 Å². The van der Waals surface area contributed by atoms with E-state index in [1.165, 1.54) is 0 Å². The zero-order chi connectivity index (χ0) is 21.8. The number of anilines is 2. The minimum Gasteiger partial charge on any atom is -0.353 e. The number of carbonyl (C=O) groups is 1. The van der Waals surface area contributed by atoms with Gasteiger partial charge in [0.2, 0.25) is 5.91 Å². The van der Waals surface area contributed by atoms with Gasteiger partial charge in [-0.25, -0.2) is 9.97 Å². The van der Waals surface area contributed by atoms with Gasteiger partial charge in [0.15, 0.2) is 5.82 Å². The van der Waals surface area contributed by atoms with Crippen molar-refractivity contribution >= 4 is 28.3 Å². The molecule has 1 amide bonds. The monoisotopic (exact) mass is 423 g/mol. The van der Waals surface area contributed by atoms with Crippen LogP contribution >= 0.6 is 0 Å². The predicted octanol–water partition coefficient (Wildman–Crippen LogP) is 4.06. The highest BCUT2D eigenvalue weighted by Gasteiger charge is 2.22. The fourth-order valence-electron chi connectivity index (χ4n) is 4.06. The lowest BCUT2D eigenvalue weighted by Gasteiger charge is -2.35. The van der Waals surface area contributed by atoms with E-state index in [1.807, 2.05) is 78.9 Å². The quantitative estimate of drug-likeness (QED) is 0.525. The fourth-order valence-corrected chi connectivity index (χ4v) is 4.06. The zero-order valence-electron chi connectivity index (χ0n) is 17.8. The van der Waals surface area contributed by atoms with Gasteiger partial charge in [0, 0.05) is 42.8 Å². The van der Waals surface area contributed by atoms with Crippen LogP contribution in [-0.2, 0) is 4.79 Å². The molecular weight excluding hydrogens is 398 g/mol. The number of piperazine rings is 1. The van der Waals surface area contributed by atoms with Crippen molar-refractivity contribution in [1.29, 1.82) is 0 Å². The van der Waals surface area contributed by atoms with Gasteiger partial charge in [-0.05, 0) is 24.3 Å². The molecular formula is C26H25N5O. The van der Waals surface area contributed by atoms with E-state index < -0.39 is 0 Å². The molecule has 0 radical (unpaired) electrons. The van der Waals surface area contributed by atoms with Gasteiger partial charge in [0.05, 0.1) is 12.1 Å². The van der Waals surface area contributed by atoms with Crippen molar-refractivity contribution in [3.63, 3.8) is 0 Å². The van der Waals surface area contributed by atoms with Crippen molar-refractivity contribution in [1.82, 2.24) is 14.9 Å². The third-order valence-electron chi connectivity index (χ3n) is 5.71. The molecule has 32 heavy (non-hydrogen) atoms. The summed E-state index contributed by atoms with van der Waals surface area (Å²) in [5, 5.41) is 4.02. The van der Waals surface area contributed by atoms with Crippen LogP contribution in [0.2, 0.25) is 0 Å². The molecule has 160 valence electrons. The van der Waals surface area contributed by atoms with E-state index in [0.29, 0.717) is 6.54 Å². The van der Waals surface area contributed by atoms with Crippen LogP contribution in [0.3, 0.4) is 0 Å². The first-order chi connectivity index (χ1) is 15.8. The van der Waals surface area contributed by atoms with Gasteiger partial charge in [0.1, 0.15) is 5.82 Å². The van der Waals surface area contributed by atoms with Gasteiger partial charge in [-0.1, -0.05) is 60.7 Å². The van der Waals surface area contributed by atoms with Crippen LogP contribution in [0.4, 0.5) is 11.5 Å². The lowest BCUT2D eigenvalue weighted by molar-refractivity contribution is -0.117. The van der Waals surface area contributed by atoms with E-state index in [0.717, 1.165) is 60.0 Å². The van der Waals surface area contributed by atoms with Crippen LogP contribution in [0.15, 0.2) is 84.9 Å². The third-order valence-corrected chi connectivity index (χ3v) is 5.71. The van der Waals surface area contributed by atoms with Crippen molar-refractivity contribution < 1.29 is 4.79 Å². The molecule has 2 heterocycles. The number of carbonyl (C=O) groups excluding carboxylic acids is 1. The highest BCUT2D eigenvalue weighted by atomic mass is 16.2. The Morgan fingerprint density at radius 3 is 2.19 bits per heavy atom. The maximum Gasteiger partial charge on any atom is 0.238 e. The molecule has 1 aromatic heterocycles. The Hall–Kier alpha value is -3.77. The second-order valence-electron chi connectivity index (χ2n) is 7.93. The summed E-state index contributed by atoms with van der Waals surface area (Å²) in [6.07, 6.45) is 0. The van der Waals surface area contributed by atoms with Gasteiger partial charge < -0.3 is 10.2 Å². The Morgan fingerprint density at radius 1 is 0.781 bits per heavy atom. The largest absolute Gasteiger partial charge is 0.353 e. The van der Waals surface area contributed by atoms with Crippen molar-refractivity contribution in [3.05, 3.63) is 84.9 Å². The number of rotatable bonds is 5. The summed E-state index contributed by atoms with van der Waals surface area (Å²) in [6.45, 7) is 3.63. The highest BCUT2D eigenvalue weighted by molar-refractivity contribution is 5.92. The molecule has 3 aromatic carbocycles. The topological polar surface area (TPSA) is 61.4 Å². The predicted molar refractivity (Wildman–Crippen MR) is 129 cm³/mol. The first kappa shape index (κ1) is 20.2. The maximum atomic E-state index is 12.4. The molecule has 1 saturated heterocycles. The summed E-state index contributed by atoms with van der Waals surface area (Å²) in [6, 6.07) is 27.8. The second kappa shape index (κ2) is 9.16. The van der Waals surface area contributed by atoms with Crippen LogP contribution in [0.25, 0.3) is 22.3 Å². The first-order valence-corrected chi connectivity index (χ1v) is 10.9. The van der Waals surface area contributed by atoms with Crippen LogP contribution in [0, 0.1) is 0 Å². The summed E-state index contributed by atoms with van der Waals surface area (Å²) >= 11 is 0. The standard InChI is InChI=1S/C26H25N5O/c32-24(27-21-11-5-2-6-12-21)19-30-15-17-31(18-16-30)26-22-13-7-8-14-23(22)28-25(29-26)20-9-3-1-4-10-20/h1-14H,15-19H2,(H,27,32). The normalized spacial score (nSPS) is 14.4. The fraction of sp³-hybridized carbons (Fsp3) is 0.192. The van der Waals surface area contributed by atoms with E-state index in [2.05, 4.69) is 21.2 Å². The SMILES string of the molecule is O=C(CN1CCN(c2nc(-c3ccccc3)nc3ccccc23)CC1)Nc1ccccc1. The highest BCUT2D eigenvalue weighted by Crippen LogP contribution is 2.28. The number of fused-ring (bicyclic) bond motifs is 1. The van der Waals surface area contributed by atoms with Gasteiger partial charge >= 0.3 is 0 Å². The summed E-state index contributed by atoms with van der Waals surface area (Å²) < 4.78 is 0. The number of benzene rings is 3. The van der Waals surface area contributed by atoms with Crippen molar-refractivity contribution in [3.8, 4) is 11.4 Å². The lowest BCUT2D eigenvalue weighted by atomic mass is 10.1. The minimum absolute atomic E-state index is 0.0171. The van der Waals surface area contributed by atoms with Crippen LogP contribution in [0.1, 0.15) is 0 Å². The van der Waals surface area contributed by atoms with Gasteiger partial charge in [-0.2, -0.15) is 0 Å². The molecule has 4 aromatic rings. The molecule has 0 aliphatic carbocycles. The van der Waals surface area contributed by atoms with Gasteiger partial charge in [-0.3, -0.25) is 9.69 Å². The summed E-state index contributed by atoms with van der Waals surface area (Å²) in [5.41, 5.74) is 2.79. The van der Waals surface area contributed by atoms with Crippen LogP contribution in [0.5, 0.6) is 0 Å². The van der Waals surface area contributed by atoms with E-state index in [-0.39, 0.29) is 5.91 Å². The minimum atomic E-state index is 0.0171. The number of hydrogen-bond donors (Lipinski definition) is 1. The molecule has 0 unspecified atom stereocenters. The first-order valence-electron chi connectivity index (χ1n) is 10.9. The molecule has 0 atom stereocenters. The van der Waals surface area contributed by atoms with E-state index in [1.54, 1.807) is 0 Å². The van der Waals surface area contributed by atoms with Crippen LogP contribution in [-0.4, -0.2) is 53.5 Å². The van der Waals surface area contributed by atoms with Crippen LogP contribution < -0.4 is 10.2 Å². The average Bonchev–Trinajstić information content (AvgIpc) is 2.85. The molecule has 0 saturated carbocycles. The number of hydrogen-bond acceptors (Lipinski definition) is 5. The molecule has 0 bridgehead atoms. The summed E-state index contributed by atoms with van der Waals surface area (Å²) in [5.74, 6) is 1.72. The second-order valence-corrected chi connectivity index (χ2v) is 7.93. The molecule has 1 N–H and O–H groups in total. The smallest absolute Gasteiger partial charge is 0.238 e. The number of aromatic nitrogens is 2. The van der Waals surface area contributed by atoms with E-state index in [9.17, 15) is 4.79 Å². The number of nitrogens with zero attached hydrogens (tertiary/aromatic N) is 4. The van der Waals surface area contributed by atoms with E-state index >= 15 is 0 Å². The number of nitrogens with one attached hydrogen (secondary N) is 1. The van der Waals surface area contributed by atoms with Gasteiger partial charge in [0.25, 0.3) is 0 Å². The number of amides is 1. The van der Waals surface area contributed by atoms with E-state index in [4.69, 9.17) is 9.97 Å². The van der Waals surface area contributed by atoms with Gasteiger partial charge in [-0.15, -0.1) is 0 Å². The molecule has 1 fully saturated rings. The summed E-state index contributed by atoms with van der Waals surface area (Å²) in [4.78, 5) is 26.7. The molecule has 5 rings (SSSR count). The summed E-state index contributed by atoms with van der Waals surface area (Å²) in [7, 11) is 0. The lowest BCUT2D eigenvalue weighted by Crippen LogP contribution is -2.49.